The van der Waals surface area contributed by atoms with Gasteiger partial charge in [-0.3, -0.25) is 0 Å². The minimum atomic E-state index is -0.433. The van der Waals surface area contributed by atoms with Crippen LogP contribution in [0.1, 0.15) is 34.1 Å². The minimum Gasteiger partial charge on any atom is -0.388 e. The van der Waals surface area contributed by atoms with E-state index in [0.29, 0.717) is 5.25 Å². The summed E-state index contributed by atoms with van der Waals surface area (Å²) in [5.41, 5.74) is -0.401. The van der Waals surface area contributed by atoms with Crippen LogP contribution in [0.4, 0.5) is 0 Å². The zero-order valence-corrected chi connectivity index (χ0v) is 8.66. The van der Waals surface area contributed by atoms with Crippen LogP contribution in [-0.4, -0.2) is 21.7 Å². The van der Waals surface area contributed by atoms with Crippen LogP contribution in [0.3, 0.4) is 0 Å². The first-order valence-corrected chi connectivity index (χ1v) is 5.24. The maximum atomic E-state index is 10.2. The molecule has 1 rings (SSSR count). The molecule has 0 bridgehead atoms. The molecule has 0 saturated carbocycles. The van der Waals surface area contributed by atoms with Gasteiger partial charge in [0.2, 0.25) is 0 Å². The summed E-state index contributed by atoms with van der Waals surface area (Å²) in [4.78, 5) is 0. The Labute approximate surface area is 73.6 Å². The first-order chi connectivity index (χ1) is 4.85. The van der Waals surface area contributed by atoms with Crippen LogP contribution in [0.5, 0.6) is 0 Å². The van der Waals surface area contributed by atoms with Crippen LogP contribution in [-0.2, 0) is 0 Å². The molecule has 0 aromatic rings. The maximum Gasteiger partial charge on any atom is 0.0796 e. The summed E-state index contributed by atoms with van der Waals surface area (Å²) in [5, 5.41) is 10.8. The van der Waals surface area contributed by atoms with Gasteiger partial charge in [0.25, 0.3) is 0 Å². The van der Waals surface area contributed by atoms with Gasteiger partial charge in [-0.2, -0.15) is 11.8 Å². The van der Waals surface area contributed by atoms with Crippen molar-refractivity contribution in [2.45, 2.75) is 45.0 Å². The van der Waals surface area contributed by atoms with E-state index in [1.165, 1.54) is 0 Å². The van der Waals surface area contributed by atoms with E-state index in [2.05, 4.69) is 27.7 Å². The molecule has 1 nitrogen and oxygen atoms in total. The first kappa shape index (κ1) is 9.40. The van der Waals surface area contributed by atoms with Crippen molar-refractivity contribution in [3.05, 3.63) is 0 Å². The van der Waals surface area contributed by atoms with Crippen LogP contribution in [0.2, 0.25) is 0 Å². The number of hydrogen-bond donors (Lipinski definition) is 1. The molecular weight excluding hydrogens is 156 g/mol. The summed E-state index contributed by atoms with van der Waals surface area (Å²) in [6, 6.07) is 0. The van der Waals surface area contributed by atoms with Gasteiger partial charge in [-0.1, -0.05) is 27.7 Å². The Bertz CT molecular complexity index is 150. The number of aliphatic hydroxyl groups is 1. The third kappa shape index (κ3) is 1.73. The van der Waals surface area contributed by atoms with Gasteiger partial charge >= 0.3 is 0 Å². The molecule has 1 N–H and O–H groups in total. The van der Waals surface area contributed by atoms with Crippen molar-refractivity contribution in [1.29, 1.82) is 0 Å². The molecule has 1 fully saturated rings. The molecule has 0 radical (unpaired) electrons. The quantitative estimate of drug-likeness (QED) is 0.608. The molecule has 1 saturated heterocycles. The Morgan fingerprint density at radius 1 is 1.45 bits per heavy atom. The van der Waals surface area contributed by atoms with E-state index in [1.54, 1.807) is 0 Å². The zero-order chi connectivity index (χ0) is 8.70. The average Bonchev–Trinajstić information content (AvgIpc) is 2.10. The van der Waals surface area contributed by atoms with Gasteiger partial charge in [-0.15, -0.1) is 0 Å². The summed E-state index contributed by atoms with van der Waals surface area (Å²) in [5.74, 6) is 0.900. The number of thioether (sulfide) groups is 1. The summed E-state index contributed by atoms with van der Waals surface area (Å²) in [6.45, 7) is 8.54. The second-order valence-electron chi connectivity index (χ2n) is 4.61. The molecule has 11 heavy (non-hydrogen) atoms. The van der Waals surface area contributed by atoms with Gasteiger partial charge in [-0.05, 0) is 11.8 Å². The van der Waals surface area contributed by atoms with E-state index in [1.807, 2.05) is 11.8 Å². The second kappa shape index (κ2) is 2.67. The van der Waals surface area contributed by atoms with Crippen molar-refractivity contribution in [3.8, 4) is 0 Å². The highest BCUT2D eigenvalue weighted by Gasteiger charge is 2.45. The van der Waals surface area contributed by atoms with Gasteiger partial charge in [0.1, 0.15) is 0 Å². The molecular formula is C9H18OS. The van der Waals surface area contributed by atoms with Crippen LogP contribution in [0.25, 0.3) is 0 Å². The Kier molecular flexibility index (Phi) is 2.28. The van der Waals surface area contributed by atoms with E-state index in [-0.39, 0.29) is 5.41 Å². The summed E-state index contributed by atoms with van der Waals surface area (Å²) in [6.07, 6.45) is 0.946. The molecule has 1 aliphatic rings. The van der Waals surface area contributed by atoms with Gasteiger partial charge in [0.15, 0.2) is 0 Å². The van der Waals surface area contributed by atoms with Crippen molar-refractivity contribution in [2.75, 3.05) is 5.75 Å². The number of hydrogen-bond acceptors (Lipinski definition) is 2. The molecule has 0 aromatic carbocycles. The smallest absolute Gasteiger partial charge is 0.0796 e. The monoisotopic (exact) mass is 174 g/mol. The van der Waals surface area contributed by atoms with Gasteiger partial charge in [-0.25, -0.2) is 0 Å². The SMILES string of the molecule is CC1CC(O)(C(C)(C)C)CS1. The molecule has 0 aliphatic carbocycles. The fraction of sp³-hybridized carbons (Fsp3) is 1.00. The zero-order valence-electron chi connectivity index (χ0n) is 7.85. The Morgan fingerprint density at radius 2 is 2.00 bits per heavy atom. The van der Waals surface area contributed by atoms with Crippen molar-refractivity contribution in [2.24, 2.45) is 5.41 Å². The lowest BCUT2D eigenvalue weighted by Gasteiger charge is -2.36. The van der Waals surface area contributed by atoms with E-state index in [9.17, 15) is 5.11 Å². The van der Waals surface area contributed by atoms with E-state index in [0.717, 1.165) is 12.2 Å². The standard InChI is InChI=1S/C9H18OS/c1-7-5-9(10,6-11-7)8(2,3)4/h7,10H,5-6H2,1-4H3. The summed E-state index contributed by atoms with van der Waals surface area (Å²) < 4.78 is 0. The van der Waals surface area contributed by atoms with Crippen molar-refractivity contribution in [3.63, 3.8) is 0 Å². The second-order valence-corrected chi connectivity index (χ2v) is 6.03. The van der Waals surface area contributed by atoms with Crippen LogP contribution < -0.4 is 0 Å². The lowest BCUT2D eigenvalue weighted by molar-refractivity contribution is -0.0369. The Morgan fingerprint density at radius 3 is 2.18 bits per heavy atom. The molecule has 0 spiro atoms. The van der Waals surface area contributed by atoms with Crippen molar-refractivity contribution >= 4 is 11.8 Å². The van der Waals surface area contributed by atoms with E-state index in [4.69, 9.17) is 0 Å². The predicted octanol–water partition coefficient (Wildman–Crippen LogP) is 2.29. The molecule has 1 heterocycles. The fourth-order valence-corrected chi connectivity index (χ4v) is 2.90. The van der Waals surface area contributed by atoms with Crippen LogP contribution >= 0.6 is 11.8 Å². The fourth-order valence-electron chi connectivity index (χ4n) is 1.40. The molecule has 0 amide bonds. The third-order valence-corrected chi connectivity index (χ3v) is 4.01. The highest BCUT2D eigenvalue weighted by atomic mass is 32.2. The van der Waals surface area contributed by atoms with Gasteiger partial charge < -0.3 is 5.11 Å². The average molecular weight is 174 g/mol. The van der Waals surface area contributed by atoms with E-state index < -0.39 is 5.60 Å². The molecule has 66 valence electrons. The number of rotatable bonds is 0. The van der Waals surface area contributed by atoms with Gasteiger partial charge in [0, 0.05) is 11.0 Å². The lowest BCUT2D eigenvalue weighted by Crippen LogP contribution is -2.43. The minimum absolute atomic E-state index is 0.0325. The first-order valence-electron chi connectivity index (χ1n) is 4.19. The molecule has 0 aromatic heterocycles. The predicted molar refractivity (Wildman–Crippen MR) is 50.9 cm³/mol. The van der Waals surface area contributed by atoms with Crippen molar-refractivity contribution < 1.29 is 5.11 Å². The lowest BCUT2D eigenvalue weighted by atomic mass is 9.75. The Balaban J connectivity index is 2.69. The highest BCUT2D eigenvalue weighted by Crippen LogP contribution is 2.44. The Hall–Kier alpha value is 0.310. The summed E-state index contributed by atoms with van der Waals surface area (Å²) in [7, 11) is 0. The highest BCUT2D eigenvalue weighted by molar-refractivity contribution is 8.00. The molecule has 1 aliphatic heterocycles. The van der Waals surface area contributed by atoms with E-state index >= 15 is 0 Å². The van der Waals surface area contributed by atoms with Crippen molar-refractivity contribution in [1.82, 2.24) is 0 Å². The van der Waals surface area contributed by atoms with Gasteiger partial charge in [0.05, 0.1) is 5.60 Å². The normalized spacial score (nSPS) is 39.5. The molecule has 2 heteroatoms. The summed E-state index contributed by atoms with van der Waals surface area (Å²) >= 11 is 1.88. The maximum absolute atomic E-state index is 10.2. The molecule has 2 atom stereocenters. The third-order valence-electron chi connectivity index (χ3n) is 2.63. The largest absolute Gasteiger partial charge is 0.388 e. The van der Waals surface area contributed by atoms with Crippen LogP contribution in [0, 0.1) is 5.41 Å². The molecule has 2 unspecified atom stereocenters. The van der Waals surface area contributed by atoms with Crippen LogP contribution in [0.15, 0.2) is 0 Å². The topological polar surface area (TPSA) is 20.2 Å².